The van der Waals surface area contributed by atoms with E-state index in [4.69, 9.17) is 9.47 Å². The van der Waals surface area contributed by atoms with E-state index in [-0.39, 0.29) is 0 Å². The standard InChI is InChI=1S/C15H29NO2/c1-12(2)11-17-8-9-18-14-10-13(16-3)15(14)6-4-5-7-15/h12-14,16H,4-11H2,1-3H3. The van der Waals surface area contributed by atoms with E-state index in [9.17, 15) is 0 Å². The van der Waals surface area contributed by atoms with E-state index in [1.165, 1.54) is 32.1 Å². The van der Waals surface area contributed by atoms with Crippen LogP contribution in [0.1, 0.15) is 46.0 Å². The van der Waals surface area contributed by atoms with Crippen molar-refractivity contribution in [2.75, 3.05) is 26.9 Å². The molecule has 2 aliphatic rings. The summed E-state index contributed by atoms with van der Waals surface area (Å²) < 4.78 is 11.6. The third-order valence-corrected chi connectivity index (χ3v) is 4.67. The number of ether oxygens (including phenoxy) is 2. The molecule has 2 rings (SSSR count). The molecule has 2 saturated carbocycles. The van der Waals surface area contributed by atoms with Gasteiger partial charge in [-0.2, -0.15) is 0 Å². The van der Waals surface area contributed by atoms with Gasteiger partial charge in [0.15, 0.2) is 0 Å². The molecule has 2 fully saturated rings. The largest absolute Gasteiger partial charge is 0.379 e. The molecule has 0 aromatic rings. The van der Waals surface area contributed by atoms with Crippen LogP contribution in [0.3, 0.4) is 0 Å². The highest BCUT2D eigenvalue weighted by molar-refractivity contribution is 5.09. The normalized spacial score (nSPS) is 30.0. The quantitative estimate of drug-likeness (QED) is 0.709. The molecule has 3 heteroatoms. The van der Waals surface area contributed by atoms with Crippen LogP contribution in [0.25, 0.3) is 0 Å². The van der Waals surface area contributed by atoms with Crippen molar-refractivity contribution in [3.63, 3.8) is 0 Å². The molecule has 0 bridgehead atoms. The molecule has 0 aromatic carbocycles. The van der Waals surface area contributed by atoms with Crippen LogP contribution < -0.4 is 5.32 Å². The molecule has 0 aliphatic heterocycles. The summed E-state index contributed by atoms with van der Waals surface area (Å²) in [4.78, 5) is 0. The third-order valence-electron chi connectivity index (χ3n) is 4.67. The third kappa shape index (κ3) is 2.89. The Morgan fingerprint density at radius 1 is 1.22 bits per heavy atom. The Balaban J connectivity index is 1.67. The van der Waals surface area contributed by atoms with E-state index in [1.807, 2.05) is 0 Å². The number of rotatable bonds is 7. The van der Waals surface area contributed by atoms with Crippen LogP contribution in [0.2, 0.25) is 0 Å². The van der Waals surface area contributed by atoms with Gasteiger partial charge in [0.2, 0.25) is 0 Å². The van der Waals surface area contributed by atoms with E-state index in [2.05, 4.69) is 26.2 Å². The first kappa shape index (κ1) is 14.3. The zero-order valence-electron chi connectivity index (χ0n) is 12.2. The molecule has 3 nitrogen and oxygen atoms in total. The molecule has 2 atom stereocenters. The van der Waals surface area contributed by atoms with Gasteiger partial charge in [0, 0.05) is 18.1 Å². The fraction of sp³-hybridized carbons (Fsp3) is 1.00. The Labute approximate surface area is 112 Å². The van der Waals surface area contributed by atoms with Crippen LogP contribution in [-0.2, 0) is 9.47 Å². The average molecular weight is 255 g/mol. The molecular formula is C15H29NO2. The minimum absolute atomic E-state index is 0.451. The minimum Gasteiger partial charge on any atom is -0.379 e. The summed E-state index contributed by atoms with van der Waals surface area (Å²) in [5, 5.41) is 3.47. The van der Waals surface area contributed by atoms with Crippen LogP contribution in [0, 0.1) is 11.3 Å². The first-order chi connectivity index (χ1) is 8.69. The Morgan fingerprint density at radius 2 is 1.94 bits per heavy atom. The molecule has 0 heterocycles. The first-order valence-electron chi connectivity index (χ1n) is 7.55. The Bertz CT molecular complexity index is 249. The average Bonchev–Trinajstić information content (AvgIpc) is 2.83. The van der Waals surface area contributed by atoms with Gasteiger partial charge >= 0.3 is 0 Å². The lowest BCUT2D eigenvalue weighted by Crippen LogP contribution is -2.62. The maximum atomic E-state index is 6.06. The van der Waals surface area contributed by atoms with Crippen molar-refractivity contribution in [2.45, 2.75) is 58.1 Å². The molecule has 0 amide bonds. The SMILES string of the molecule is CNC1CC(OCCOCC(C)C)C12CCCC2. The van der Waals surface area contributed by atoms with Gasteiger partial charge in [0.05, 0.1) is 19.3 Å². The summed E-state index contributed by atoms with van der Waals surface area (Å²) in [7, 11) is 2.09. The molecule has 0 saturated heterocycles. The topological polar surface area (TPSA) is 30.5 Å². The summed E-state index contributed by atoms with van der Waals surface area (Å²) in [6.45, 7) is 6.71. The second-order valence-corrected chi connectivity index (χ2v) is 6.35. The highest BCUT2D eigenvalue weighted by atomic mass is 16.5. The van der Waals surface area contributed by atoms with Gasteiger partial charge < -0.3 is 14.8 Å². The molecule has 0 aromatic heterocycles. The molecule has 2 aliphatic carbocycles. The smallest absolute Gasteiger partial charge is 0.0704 e. The molecule has 2 unspecified atom stereocenters. The fourth-order valence-corrected chi connectivity index (χ4v) is 3.66. The Hall–Kier alpha value is -0.120. The van der Waals surface area contributed by atoms with E-state index < -0.39 is 0 Å². The van der Waals surface area contributed by atoms with Gasteiger partial charge in [-0.05, 0) is 32.2 Å². The van der Waals surface area contributed by atoms with Gasteiger partial charge in [0.25, 0.3) is 0 Å². The Morgan fingerprint density at radius 3 is 2.56 bits per heavy atom. The van der Waals surface area contributed by atoms with E-state index in [0.29, 0.717) is 23.5 Å². The molecule has 106 valence electrons. The highest BCUT2D eigenvalue weighted by Crippen LogP contribution is 2.54. The lowest BCUT2D eigenvalue weighted by atomic mass is 9.60. The summed E-state index contributed by atoms with van der Waals surface area (Å²) in [5.74, 6) is 0.614. The minimum atomic E-state index is 0.451. The van der Waals surface area contributed by atoms with Crippen molar-refractivity contribution < 1.29 is 9.47 Å². The van der Waals surface area contributed by atoms with Crippen LogP contribution in [0.4, 0.5) is 0 Å². The molecular weight excluding hydrogens is 226 g/mol. The summed E-state index contributed by atoms with van der Waals surface area (Å²) >= 11 is 0. The van der Waals surface area contributed by atoms with Gasteiger partial charge in [-0.25, -0.2) is 0 Å². The summed E-state index contributed by atoms with van der Waals surface area (Å²) in [6.07, 6.45) is 7.09. The fourth-order valence-electron chi connectivity index (χ4n) is 3.66. The Kier molecular flexibility index (Phi) is 5.05. The van der Waals surface area contributed by atoms with Gasteiger partial charge in [-0.15, -0.1) is 0 Å². The van der Waals surface area contributed by atoms with Crippen molar-refractivity contribution in [1.82, 2.24) is 5.32 Å². The van der Waals surface area contributed by atoms with Crippen molar-refractivity contribution in [3.8, 4) is 0 Å². The lowest BCUT2D eigenvalue weighted by molar-refractivity contribution is -0.140. The predicted octanol–water partition coefficient (Wildman–Crippen LogP) is 2.60. The highest BCUT2D eigenvalue weighted by Gasteiger charge is 2.55. The molecule has 1 spiro atoms. The summed E-state index contributed by atoms with van der Waals surface area (Å²) in [6, 6.07) is 0.682. The van der Waals surface area contributed by atoms with E-state index in [1.54, 1.807) is 0 Å². The van der Waals surface area contributed by atoms with Crippen molar-refractivity contribution >= 4 is 0 Å². The first-order valence-corrected chi connectivity index (χ1v) is 7.55. The second kappa shape index (κ2) is 6.36. The zero-order valence-corrected chi connectivity index (χ0v) is 12.2. The van der Waals surface area contributed by atoms with E-state index >= 15 is 0 Å². The number of hydrogen-bond donors (Lipinski definition) is 1. The maximum absolute atomic E-state index is 6.06. The van der Waals surface area contributed by atoms with Crippen molar-refractivity contribution in [1.29, 1.82) is 0 Å². The predicted molar refractivity (Wildman–Crippen MR) is 73.8 cm³/mol. The lowest BCUT2D eigenvalue weighted by Gasteiger charge is -2.54. The van der Waals surface area contributed by atoms with Gasteiger partial charge in [-0.3, -0.25) is 0 Å². The monoisotopic (exact) mass is 255 g/mol. The molecule has 0 radical (unpaired) electrons. The van der Waals surface area contributed by atoms with Crippen molar-refractivity contribution in [3.05, 3.63) is 0 Å². The second-order valence-electron chi connectivity index (χ2n) is 6.35. The molecule has 18 heavy (non-hydrogen) atoms. The maximum Gasteiger partial charge on any atom is 0.0704 e. The number of hydrogen-bond acceptors (Lipinski definition) is 3. The van der Waals surface area contributed by atoms with Gasteiger partial charge in [-0.1, -0.05) is 26.7 Å². The van der Waals surface area contributed by atoms with Crippen molar-refractivity contribution in [2.24, 2.45) is 11.3 Å². The zero-order chi connectivity index (χ0) is 13.0. The van der Waals surface area contributed by atoms with Crippen LogP contribution in [0.15, 0.2) is 0 Å². The van der Waals surface area contributed by atoms with Crippen LogP contribution in [0.5, 0.6) is 0 Å². The van der Waals surface area contributed by atoms with E-state index in [0.717, 1.165) is 19.8 Å². The van der Waals surface area contributed by atoms with Crippen LogP contribution >= 0.6 is 0 Å². The molecule has 1 N–H and O–H groups in total. The van der Waals surface area contributed by atoms with Crippen LogP contribution in [-0.4, -0.2) is 39.0 Å². The summed E-state index contributed by atoms with van der Waals surface area (Å²) in [5.41, 5.74) is 0.451. The van der Waals surface area contributed by atoms with Gasteiger partial charge in [0.1, 0.15) is 0 Å². The number of nitrogens with one attached hydrogen (secondary N) is 1.